The Morgan fingerprint density at radius 3 is 2.63 bits per heavy atom. The van der Waals surface area contributed by atoms with E-state index in [4.69, 9.17) is 11.6 Å². The highest BCUT2D eigenvalue weighted by Crippen LogP contribution is 2.30. The molecule has 0 aliphatic carbocycles. The van der Waals surface area contributed by atoms with E-state index in [0.29, 0.717) is 41.4 Å². The summed E-state index contributed by atoms with van der Waals surface area (Å²) in [5.74, 6) is 0.116. The fraction of sp³-hybridized carbons (Fsp3) is 0.318. The van der Waals surface area contributed by atoms with E-state index < -0.39 is 0 Å². The predicted molar refractivity (Wildman–Crippen MR) is 117 cm³/mol. The second kappa shape index (κ2) is 7.98. The van der Waals surface area contributed by atoms with Gasteiger partial charge in [-0.15, -0.1) is 0 Å². The van der Waals surface area contributed by atoms with Crippen LogP contribution >= 0.6 is 11.6 Å². The quantitative estimate of drug-likeness (QED) is 0.697. The molecule has 1 aliphatic rings. The average molecular weight is 424 g/mol. The van der Waals surface area contributed by atoms with E-state index in [1.807, 2.05) is 31.2 Å². The monoisotopic (exact) mass is 423 g/mol. The number of hydrogen-bond acceptors (Lipinski definition) is 6. The molecule has 1 N–H and O–H groups in total. The number of phenolic OH excluding ortho intramolecular Hbond substituents is 1. The molecule has 0 atom stereocenters. The summed E-state index contributed by atoms with van der Waals surface area (Å²) in [6, 6.07) is 11.2. The van der Waals surface area contributed by atoms with E-state index in [1.165, 1.54) is 4.57 Å². The molecule has 0 unspecified atom stereocenters. The van der Waals surface area contributed by atoms with Crippen LogP contribution in [0.25, 0.3) is 11.0 Å². The van der Waals surface area contributed by atoms with Gasteiger partial charge >= 0.3 is 0 Å². The summed E-state index contributed by atoms with van der Waals surface area (Å²) in [5, 5.41) is 20.2. The van der Waals surface area contributed by atoms with E-state index in [9.17, 15) is 15.2 Å². The molecule has 1 saturated heterocycles. The van der Waals surface area contributed by atoms with E-state index in [0.717, 1.165) is 24.3 Å². The standard InChI is InChI=1S/C22H22ClN5O2/c1-14-6-7-18-19(25-14)20(16(12-24)22(30)26(18)2)28-10-8-27(9-11-28)13-15-4-3-5-17(23)21(15)29/h3-7,29H,8-11,13H2,1-2H3. The van der Waals surface area contributed by atoms with Gasteiger partial charge in [0.25, 0.3) is 5.56 Å². The van der Waals surface area contributed by atoms with Crippen molar-refractivity contribution in [2.45, 2.75) is 13.5 Å². The van der Waals surface area contributed by atoms with Crippen molar-refractivity contribution in [2.75, 3.05) is 31.1 Å². The zero-order valence-electron chi connectivity index (χ0n) is 16.9. The third-order valence-corrected chi connectivity index (χ3v) is 5.92. The molecule has 1 aliphatic heterocycles. The van der Waals surface area contributed by atoms with Gasteiger partial charge in [0.2, 0.25) is 0 Å². The van der Waals surface area contributed by atoms with Crippen LogP contribution in [0.1, 0.15) is 16.8 Å². The van der Waals surface area contributed by atoms with Crippen LogP contribution < -0.4 is 10.5 Å². The van der Waals surface area contributed by atoms with Crippen molar-refractivity contribution in [3.8, 4) is 11.8 Å². The Hall–Kier alpha value is -3.08. The van der Waals surface area contributed by atoms with Gasteiger partial charge in [-0.1, -0.05) is 23.7 Å². The second-order valence-corrected chi connectivity index (χ2v) is 7.94. The maximum atomic E-state index is 12.8. The van der Waals surface area contributed by atoms with Crippen molar-refractivity contribution in [1.82, 2.24) is 14.5 Å². The van der Waals surface area contributed by atoms with E-state index in [1.54, 1.807) is 13.1 Å². The molecule has 30 heavy (non-hydrogen) atoms. The van der Waals surface area contributed by atoms with Crippen LogP contribution in [0, 0.1) is 18.3 Å². The SMILES string of the molecule is Cc1ccc2c(n1)c(N1CCN(Cc3cccc(Cl)c3O)CC1)c(C#N)c(=O)n2C. The molecule has 4 rings (SSSR count). The van der Waals surface area contributed by atoms with Gasteiger partial charge in [0.1, 0.15) is 22.9 Å². The molecule has 1 fully saturated rings. The summed E-state index contributed by atoms with van der Waals surface area (Å²) >= 11 is 6.02. The second-order valence-electron chi connectivity index (χ2n) is 7.53. The minimum atomic E-state index is -0.308. The molecule has 0 radical (unpaired) electrons. The molecule has 0 spiro atoms. The number of benzene rings is 1. The van der Waals surface area contributed by atoms with Gasteiger partial charge in [-0.2, -0.15) is 5.26 Å². The number of para-hydroxylation sites is 1. The molecular formula is C22H22ClN5O2. The number of aromatic hydroxyl groups is 1. The summed E-state index contributed by atoms with van der Waals surface area (Å²) in [6.07, 6.45) is 0. The Labute approximate surface area is 179 Å². The topological polar surface area (TPSA) is 85.4 Å². The third kappa shape index (κ3) is 3.49. The average Bonchev–Trinajstić information content (AvgIpc) is 2.74. The number of nitriles is 1. The maximum absolute atomic E-state index is 12.8. The Morgan fingerprint density at radius 2 is 1.93 bits per heavy atom. The van der Waals surface area contributed by atoms with Gasteiger partial charge in [-0.25, -0.2) is 4.98 Å². The summed E-state index contributed by atoms with van der Waals surface area (Å²) in [7, 11) is 1.67. The number of aryl methyl sites for hydroxylation is 2. The number of aromatic nitrogens is 2. The Balaban J connectivity index is 1.64. The Morgan fingerprint density at radius 1 is 1.20 bits per heavy atom. The molecule has 3 heterocycles. The number of anilines is 1. The van der Waals surface area contributed by atoms with Crippen LogP contribution in [-0.2, 0) is 13.6 Å². The highest BCUT2D eigenvalue weighted by molar-refractivity contribution is 6.32. The van der Waals surface area contributed by atoms with Crippen molar-refractivity contribution in [3.63, 3.8) is 0 Å². The first kappa shape index (κ1) is 20.2. The molecule has 2 aromatic heterocycles. The predicted octanol–water partition coefficient (Wildman–Crippen LogP) is 2.79. The zero-order chi connectivity index (χ0) is 21.4. The minimum Gasteiger partial charge on any atom is -0.506 e. The van der Waals surface area contributed by atoms with Crippen LogP contribution in [0.15, 0.2) is 35.1 Å². The molecule has 8 heteroatoms. The summed E-state index contributed by atoms with van der Waals surface area (Å²) < 4.78 is 1.49. The number of hydrogen-bond donors (Lipinski definition) is 1. The first-order chi connectivity index (χ1) is 14.4. The van der Waals surface area contributed by atoms with E-state index >= 15 is 0 Å². The number of halogens is 1. The summed E-state index contributed by atoms with van der Waals surface area (Å²) in [6.45, 7) is 5.22. The minimum absolute atomic E-state index is 0.116. The molecule has 0 amide bonds. The van der Waals surface area contributed by atoms with E-state index in [-0.39, 0.29) is 16.9 Å². The normalized spacial score (nSPS) is 14.8. The van der Waals surface area contributed by atoms with Gasteiger partial charge < -0.3 is 14.6 Å². The molecule has 0 saturated carbocycles. The maximum Gasteiger partial charge on any atom is 0.270 e. The van der Waals surface area contributed by atoms with Gasteiger partial charge in [0.15, 0.2) is 0 Å². The van der Waals surface area contributed by atoms with Crippen LogP contribution in [-0.4, -0.2) is 45.7 Å². The van der Waals surface area contributed by atoms with E-state index in [2.05, 4.69) is 20.9 Å². The molecule has 0 bridgehead atoms. The Bertz CT molecular complexity index is 1220. The zero-order valence-corrected chi connectivity index (χ0v) is 17.6. The lowest BCUT2D eigenvalue weighted by molar-refractivity contribution is 0.247. The van der Waals surface area contributed by atoms with Gasteiger partial charge in [-0.05, 0) is 25.1 Å². The van der Waals surface area contributed by atoms with Crippen molar-refractivity contribution in [1.29, 1.82) is 5.26 Å². The van der Waals surface area contributed by atoms with Crippen LogP contribution in [0.5, 0.6) is 5.75 Å². The van der Waals surface area contributed by atoms with Gasteiger partial charge in [-0.3, -0.25) is 9.69 Å². The lowest BCUT2D eigenvalue weighted by atomic mass is 10.1. The van der Waals surface area contributed by atoms with Crippen molar-refractivity contribution in [2.24, 2.45) is 7.05 Å². The van der Waals surface area contributed by atoms with Crippen LogP contribution in [0.3, 0.4) is 0 Å². The molecule has 154 valence electrons. The van der Waals surface area contributed by atoms with Crippen LogP contribution in [0.4, 0.5) is 5.69 Å². The number of fused-ring (bicyclic) bond motifs is 1. The largest absolute Gasteiger partial charge is 0.506 e. The van der Waals surface area contributed by atoms with Crippen molar-refractivity contribution < 1.29 is 5.11 Å². The number of pyridine rings is 2. The molecular weight excluding hydrogens is 402 g/mol. The fourth-order valence-corrected chi connectivity index (χ4v) is 4.15. The molecule has 1 aromatic carbocycles. The van der Waals surface area contributed by atoms with Crippen molar-refractivity contribution >= 4 is 28.3 Å². The molecule has 7 nitrogen and oxygen atoms in total. The summed E-state index contributed by atoms with van der Waals surface area (Å²) in [5.41, 5.74) is 3.44. The lowest BCUT2D eigenvalue weighted by Gasteiger charge is -2.36. The number of rotatable bonds is 3. The van der Waals surface area contributed by atoms with Gasteiger partial charge in [0.05, 0.1) is 16.2 Å². The molecule has 3 aromatic rings. The van der Waals surface area contributed by atoms with Crippen molar-refractivity contribution in [3.05, 3.63) is 62.5 Å². The highest BCUT2D eigenvalue weighted by Gasteiger charge is 2.25. The number of piperazine rings is 1. The fourth-order valence-electron chi connectivity index (χ4n) is 3.96. The lowest BCUT2D eigenvalue weighted by Crippen LogP contribution is -2.47. The Kier molecular flexibility index (Phi) is 5.37. The smallest absolute Gasteiger partial charge is 0.270 e. The first-order valence-electron chi connectivity index (χ1n) is 9.74. The first-order valence-corrected chi connectivity index (χ1v) is 10.1. The van der Waals surface area contributed by atoms with Crippen LogP contribution in [0.2, 0.25) is 5.02 Å². The number of phenols is 1. The third-order valence-electron chi connectivity index (χ3n) is 5.62. The number of nitrogens with zero attached hydrogens (tertiary/aromatic N) is 5. The summed E-state index contributed by atoms with van der Waals surface area (Å²) in [4.78, 5) is 21.7. The van der Waals surface area contributed by atoms with Gasteiger partial charge in [0, 0.05) is 51.0 Å². The highest BCUT2D eigenvalue weighted by atomic mass is 35.5.